The zero-order valence-electron chi connectivity index (χ0n) is 16.3. The lowest BCUT2D eigenvalue weighted by Crippen LogP contribution is -2.19. The molecular weight excluding hydrogens is 348 g/mol. The summed E-state index contributed by atoms with van der Waals surface area (Å²) in [6.45, 7) is 6.75. The highest BCUT2D eigenvalue weighted by Gasteiger charge is 2.15. The molecule has 1 rings (SSSR count). The lowest BCUT2D eigenvalue weighted by molar-refractivity contribution is -0.137. The molecule has 6 nitrogen and oxygen atoms in total. The fourth-order valence-corrected chi connectivity index (χ4v) is 2.43. The molecule has 0 spiro atoms. The maximum absolute atomic E-state index is 12.3. The minimum absolute atomic E-state index is 0.0909. The number of benzene rings is 1. The second kappa shape index (κ2) is 13.8. The standard InChI is InChI=1S/C21H30O6/c1-4-8-19(9-6-14-24-3)27-21(23)17-10-12-18(13-11-17)25-15-7-16-26-20(22)5-2/h5,10-13,19H,2,4,6-9,14-16H2,1,3H3. The molecule has 0 aliphatic carbocycles. The van der Waals surface area contributed by atoms with Gasteiger partial charge in [0.05, 0.1) is 18.8 Å². The van der Waals surface area contributed by atoms with E-state index in [9.17, 15) is 9.59 Å². The summed E-state index contributed by atoms with van der Waals surface area (Å²) in [4.78, 5) is 23.2. The molecule has 0 amide bonds. The topological polar surface area (TPSA) is 71.1 Å². The summed E-state index contributed by atoms with van der Waals surface area (Å²) in [5.74, 6) is -0.123. The van der Waals surface area contributed by atoms with E-state index < -0.39 is 5.97 Å². The van der Waals surface area contributed by atoms with Gasteiger partial charge in [-0.3, -0.25) is 0 Å². The molecule has 0 aromatic heterocycles. The van der Waals surface area contributed by atoms with E-state index in [1.807, 2.05) is 0 Å². The number of carbonyl (C=O) groups is 2. The zero-order chi connectivity index (χ0) is 19.9. The van der Waals surface area contributed by atoms with Crippen LogP contribution in [-0.2, 0) is 19.0 Å². The van der Waals surface area contributed by atoms with E-state index in [4.69, 9.17) is 18.9 Å². The van der Waals surface area contributed by atoms with Gasteiger partial charge in [0.1, 0.15) is 11.9 Å². The summed E-state index contributed by atoms with van der Waals surface area (Å²) in [7, 11) is 1.66. The first-order chi connectivity index (χ1) is 13.1. The molecule has 1 atom stereocenters. The van der Waals surface area contributed by atoms with Crippen LogP contribution >= 0.6 is 0 Å². The van der Waals surface area contributed by atoms with Crippen molar-refractivity contribution in [3.05, 3.63) is 42.5 Å². The average Bonchev–Trinajstić information content (AvgIpc) is 2.68. The molecule has 27 heavy (non-hydrogen) atoms. The molecule has 0 aliphatic heterocycles. The van der Waals surface area contributed by atoms with Crippen LogP contribution in [-0.4, -0.2) is 45.0 Å². The molecule has 0 aliphatic rings. The van der Waals surface area contributed by atoms with Gasteiger partial charge in [-0.25, -0.2) is 9.59 Å². The molecule has 0 N–H and O–H groups in total. The first-order valence-corrected chi connectivity index (χ1v) is 9.32. The van der Waals surface area contributed by atoms with Crippen molar-refractivity contribution in [1.82, 2.24) is 0 Å². The summed E-state index contributed by atoms with van der Waals surface area (Å²) in [6, 6.07) is 6.83. The van der Waals surface area contributed by atoms with Gasteiger partial charge in [0.15, 0.2) is 0 Å². The number of rotatable bonds is 14. The quantitative estimate of drug-likeness (QED) is 0.277. The van der Waals surface area contributed by atoms with Crippen molar-refractivity contribution >= 4 is 11.9 Å². The first kappa shape index (κ1) is 22.7. The van der Waals surface area contributed by atoms with Crippen LogP contribution in [0.2, 0.25) is 0 Å². The van der Waals surface area contributed by atoms with Crippen LogP contribution in [0.25, 0.3) is 0 Å². The molecule has 1 aromatic rings. The van der Waals surface area contributed by atoms with Crippen LogP contribution < -0.4 is 4.74 Å². The number of carbonyl (C=O) groups excluding carboxylic acids is 2. The van der Waals surface area contributed by atoms with E-state index in [2.05, 4.69) is 13.5 Å². The van der Waals surface area contributed by atoms with Gasteiger partial charge in [0, 0.05) is 26.2 Å². The Balaban J connectivity index is 2.41. The molecular formula is C21H30O6. The number of hydrogen-bond donors (Lipinski definition) is 0. The smallest absolute Gasteiger partial charge is 0.338 e. The first-order valence-electron chi connectivity index (χ1n) is 9.32. The summed E-state index contributed by atoms with van der Waals surface area (Å²) >= 11 is 0. The Labute approximate surface area is 161 Å². The predicted molar refractivity (Wildman–Crippen MR) is 103 cm³/mol. The molecule has 0 heterocycles. The number of ether oxygens (including phenoxy) is 4. The van der Waals surface area contributed by atoms with Crippen molar-refractivity contribution in [1.29, 1.82) is 0 Å². The maximum Gasteiger partial charge on any atom is 0.338 e. The highest BCUT2D eigenvalue weighted by atomic mass is 16.5. The molecule has 1 aromatic carbocycles. The minimum atomic E-state index is -0.443. The highest BCUT2D eigenvalue weighted by Crippen LogP contribution is 2.16. The van der Waals surface area contributed by atoms with Crippen LogP contribution in [0.5, 0.6) is 5.75 Å². The fraction of sp³-hybridized carbons (Fsp3) is 0.524. The fourth-order valence-electron chi connectivity index (χ4n) is 2.43. The molecule has 150 valence electrons. The van der Waals surface area contributed by atoms with E-state index >= 15 is 0 Å². The van der Waals surface area contributed by atoms with Crippen LogP contribution in [0.3, 0.4) is 0 Å². The van der Waals surface area contributed by atoms with E-state index in [1.165, 1.54) is 0 Å². The van der Waals surface area contributed by atoms with Crippen molar-refractivity contribution < 1.29 is 28.5 Å². The summed E-state index contributed by atoms with van der Waals surface area (Å²) in [5.41, 5.74) is 0.495. The summed E-state index contributed by atoms with van der Waals surface area (Å²) < 4.78 is 21.1. The highest BCUT2D eigenvalue weighted by molar-refractivity contribution is 5.89. The van der Waals surface area contributed by atoms with Crippen LogP contribution in [0, 0.1) is 0 Å². The molecule has 0 radical (unpaired) electrons. The van der Waals surface area contributed by atoms with E-state index in [-0.39, 0.29) is 18.7 Å². The normalized spacial score (nSPS) is 11.5. The van der Waals surface area contributed by atoms with Crippen LogP contribution in [0.4, 0.5) is 0 Å². The van der Waals surface area contributed by atoms with Crippen LogP contribution in [0.15, 0.2) is 36.9 Å². The summed E-state index contributed by atoms with van der Waals surface area (Å²) in [5, 5.41) is 0. The second-order valence-electron chi connectivity index (χ2n) is 6.05. The second-order valence-corrected chi connectivity index (χ2v) is 6.05. The number of hydrogen-bond acceptors (Lipinski definition) is 6. The monoisotopic (exact) mass is 378 g/mol. The lowest BCUT2D eigenvalue weighted by Gasteiger charge is -2.17. The Morgan fingerprint density at radius 2 is 1.81 bits per heavy atom. The van der Waals surface area contributed by atoms with Crippen LogP contribution in [0.1, 0.15) is 49.4 Å². The third kappa shape index (κ3) is 9.80. The molecule has 0 saturated heterocycles. The molecule has 0 saturated carbocycles. The average molecular weight is 378 g/mol. The third-order valence-corrected chi connectivity index (χ3v) is 3.82. The predicted octanol–water partition coefficient (Wildman–Crippen LogP) is 3.94. The van der Waals surface area contributed by atoms with Gasteiger partial charge < -0.3 is 18.9 Å². The van der Waals surface area contributed by atoms with E-state index in [0.29, 0.717) is 30.9 Å². The third-order valence-electron chi connectivity index (χ3n) is 3.82. The summed E-state index contributed by atoms with van der Waals surface area (Å²) in [6.07, 6.45) is 5.07. The van der Waals surface area contributed by atoms with Gasteiger partial charge in [-0.15, -0.1) is 0 Å². The van der Waals surface area contributed by atoms with Gasteiger partial charge in [-0.05, 0) is 43.5 Å². The SMILES string of the molecule is C=CC(=O)OCCCOc1ccc(C(=O)OC(CCC)CCCOC)cc1. The van der Waals surface area contributed by atoms with Gasteiger partial charge in [0.25, 0.3) is 0 Å². The lowest BCUT2D eigenvalue weighted by atomic mass is 10.1. The van der Waals surface area contributed by atoms with Crippen molar-refractivity contribution in [2.75, 3.05) is 26.9 Å². The Kier molecular flexibility index (Phi) is 11.6. The van der Waals surface area contributed by atoms with Crippen molar-refractivity contribution in [3.8, 4) is 5.75 Å². The maximum atomic E-state index is 12.3. The minimum Gasteiger partial charge on any atom is -0.493 e. The molecule has 1 unspecified atom stereocenters. The Bertz CT molecular complexity index is 567. The number of methoxy groups -OCH3 is 1. The van der Waals surface area contributed by atoms with Crippen molar-refractivity contribution in [2.24, 2.45) is 0 Å². The van der Waals surface area contributed by atoms with Gasteiger partial charge in [-0.2, -0.15) is 0 Å². The van der Waals surface area contributed by atoms with Gasteiger partial charge in [-0.1, -0.05) is 19.9 Å². The Morgan fingerprint density at radius 3 is 2.44 bits per heavy atom. The Hall–Kier alpha value is -2.34. The molecule has 6 heteroatoms. The van der Waals surface area contributed by atoms with E-state index in [1.54, 1.807) is 31.4 Å². The molecule has 0 fully saturated rings. The zero-order valence-corrected chi connectivity index (χ0v) is 16.3. The van der Waals surface area contributed by atoms with Crippen molar-refractivity contribution in [2.45, 2.75) is 45.1 Å². The Morgan fingerprint density at radius 1 is 1.07 bits per heavy atom. The van der Waals surface area contributed by atoms with Gasteiger partial charge >= 0.3 is 11.9 Å². The van der Waals surface area contributed by atoms with E-state index in [0.717, 1.165) is 31.8 Å². The number of esters is 2. The largest absolute Gasteiger partial charge is 0.493 e. The molecule has 0 bridgehead atoms. The van der Waals surface area contributed by atoms with Gasteiger partial charge in [0.2, 0.25) is 0 Å². The van der Waals surface area contributed by atoms with Crippen molar-refractivity contribution in [3.63, 3.8) is 0 Å².